The minimum Gasteiger partial charge on any atom is -0.347 e. The summed E-state index contributed by atoms with van der Waals surface area (Å²) in [5, 5.41) is 6.86. The van der Waals surface area contributed by atoms with Crippen LogP contribution in [-0.2, 0) is 6.54 Å². The Morgan fingerprint density at radius 2 is 2.03 bits per heavy atom. The Balaban J connectivity index is 1.26. The molecule has 1 saturated carbocycles. The fourth-order valence-electron chi connectivity index (χ4n) is 2.86. The summed E-state index contributed by atoms with van der Waals surface area (Å²) in [6.45, 7) is 0.411. The van der Waals surface area contributed by atoms with E-state index in [-0.39, 0.29) is 5.91 Å². The Morgan fingerprint density at radius 1 is 1.17 bits per heavy atom. The molecular weight excluding hydrogens is 370 g/mol. The molecule has 29 heavy (non-hydrogen) atoms. The van der Waals surface area contributed by atoms with E-state index in [1.807, 2.05) is 24.3 Å². The third-order valence-corrected chi connectivity index (χ3v) is 4.66. The van der Waals surface area contributed by atoms with Crippen molar-refractivity contribution < 1.29 is 9.32 Å². The molecule has 1 aliphatic rings. The van der Waals surface area contributed by atoms with E-state index < -0.39 is 0 Å². The van der Waals surface area contributed by atoms with Crippen molar-refractivity contribution in [2.75, 3.05) is 0 Å². The molecule has 1 aliphatic carbocycles. The van der Waals surface area contributed by atoms with Gasteiger partial charge in [-0.05, 0) is 42.7 Å². The maximum absolute atomic E-state index is 12.3. The summed E-state index contributed by atoms with van der Waals surface area (Å²) in [7, 11) is 0. The zero-order valence-electron chi connectivity index (χ0n) is 15.4. The van der Waals surface area contributed by atoms with Gasteiger partial charge in [-0.3, -0.25) is 14.3 Å². The molecule has 0 radical (unpaired) electrons. The minimum atomic E-state index is -0.254. The van der Waals surface area contributed by atoms with Crippen molar-refractivity contribution in [2.45, 2.75) is 25.3 Å². The Bertz CT molecular complexity index is 1130. The second-order valence-electron chi connectivity index (χ2n) is 6.84. The number of nitrogens with zero attached hydrogens (tertiary/aromatic N) is 6. The number of aromatic nitrogens is 6. The fraction of sp³-hybridized carbons (Fsp3) is 0.200. The summed E-state index contributed by atoms with van der Waals surface area (Å²) >= 11 is 0. The predicted molar refractivity (Wildman–Crippen MR) is 102 cm³/mol. The molecular formula is C20H17N7O2. The van der Waals surface area contributed by atoms with E-state index >= 15 is 0 Å². The van der Waals surface area contributed by atoms with Gasteiger partial charge in [0.1, 0.15) is 17.8 Å². The molecule has 0 spiro atoms. The maximum atomic E-state index is 12.3. The van der Waals surface area contributed by atoms with Crippen molar-refractivity contribution in [1.29, 1.82) is 0 Å². The Morgan fingerprint density at radius 3 is 2.79 bits per heavy atom. The van der Waals surface area contributed by atoms with Gasteiger partial charge in [-0.25, -0.2) is 9.97 Å². The summed E-state index contributed by atoms with van der Waals surface area (Å²) in [6.07, 6.45) is 10.5. The molecule has 1 fully saturated rings. The van der Waals surface area contributed by atoms with Crippen LogP contribution in [0, 0.1) is 0 Å². The van der Waals surface area contributed by atoms with E-state index in [9.17, 15) is 4.79 Å². The maximum Gasteiger partial charge on any atom is 0.271 e. The highest BCUT2D eigenvalue weighted by Gasteiger charge is 2.29. The van der Waals surface area contributed by atoms with Crippen LogP contribution >= 0.6 is 0 Å². The molecule has 9 nitrogen and oxygen atoms in total. The van der Waals surface area contributed by atoms with Crippen molar-refractivity contribution in [2.24, 2.45) is 0 Å². The molecule has 1 amide bonds. The summed E-state index contributed by atoms with van der Waals surface area (Å²) in [5.41, 5.74) is 2.04. The Labute approximate surface area is 165 Å². The number of rotatable bonds is 6. The first kappa shape index (κ1) is 17.2. The van der Waals surface area contributed by atoms with Crippen LogP contribution in [0.3, 0.4) is 0 Å². The highest BCUT2D eigenvalue weighted by atomic mass is 16.5. The molecule has 0 atom stereocenters. The first-order valence-corrected chi connectivity index (χ1v) is 9.28. The van der Waals surface area contributed by atoms with Crippen LogP contribution in [0.25, 0.3) is 17.3 Å². The first-order chi connectivity index (χ1) is 14.3. The molecule has 0 aliphatic heterocycles. The van der Waals surface area contributed by atoms with Crippen molar-refractivity contribution >= 4 is 5.91 Å². The van der Waals surface area contributed by atoms with Crippen LogP contribution in [0.4, 0.5) is 0 Å². The molecule has 144 valence electrons. The highest BCUT2D eigenvalue weighted by molar-refractivity contribution is 5.92. The fourth-order valence-corrected chi connectivity index (χ4v) is 2.86. The molecule has 0 bridgehead atoms. The number of hydrogen-bond donors (Lipinski definition) is 1. The average Bonchev–Trinajstić information content (AvgIpc) is 3.29. The van der Waals surface area contributed by atoms with Gasteiger partial charge in [0.05, 0.1) is 5.56 Å². The lowest BCUT2D eigenvalue weighted by Gasteiger charge is -2.03. The molecule has 1 N–H and O–H groups in total. The van der Waals surface area contributed by atoms with Gasteiger partial charge < -0.3 is 9.84 Å². The monoisotopic (exact) mass is 387 g/mol. The smallest absolute Gasteiger partial charge is 0.271 e. The summed E-state index contributed by atoms with van der Waals surface area (Å²) in [6, 6.07) is 7.37. The van der Waals surface area contributed by atoms with Gasteiger partial charge in [0.25, 0.3) is 11.8 Å². The first-order valence-electron chi connectivity index (χ1n) is 9.28. The van der Waals surface area contributed by atoms with Crippen molar-refractivity contribution in [3.63, 3.8) is 0 Å². The SMILES string of the molecule is O=C(NCc1ccncc1)c1cn(-c2ccc(-c3nc(C4CC4)no3)cn2)cn1. The zero-order valence-corrected chi connectivity index (χ0v) is 15.4. The predicted octanol–water partition coefficient (Wildman–Crippen LogP) is 2.52. The van der Waals surface area contributed by atoms with E-state index in [2.05, 4.69) is 30.4 Å². The van der Waals surface area contributed by atoms with Gasteiger partial charge >= 0.3 is 0 Å². The number of carbonyl (C=O) groups is 1. The second-order valence-corrected chi connectivity index (χ2v) is 6.84. The lowest BCUT2D eigenvalue weighted by molar-refractivity contribution is 0.0946. The van der Waals surface area contributed by atoms with Crippen LogP contribution in [0.15, 0.2) is 59.9 Å². The molecule has 0 unspecified atom stereocenters. The van der Waals surface area contributed by atoms with Gasteiger partial charge in [-0.1, -0.05) is 5.16 Å². The average molecular weight is 387 g/mol. The van der Waals surface area contributed by atoms with E-state index in [0.29, 0.717) is 29.9 Å². The molecule has 4 aromatic heterocycles. The van der Waals surface area contributed by atoms with Crippen LogP contribution in [0.2, 0.25) is 0 Å². The van der Waals surface area contributed by atoms with Crippen LogP contribution in [0.5, 0.6) is 0 Å². The minimum absolute atomic E-state index is 0.254. The molecule has 0 saturated heterocycles. The topological polar surface area (TPSA) is 112 Å². The van der Waals surface area contributed by atoms with Crippen molar-refractivity contribution in [1.82, 2.24) is 35.0 Å². The van der Waals surface area contributed by atoms with Crippen LogP contribution in [-0.4, -0.2) is 35.6 Å². The van der Waals surface area contributed by atoms with E-state index in [1.54, 1.807) is 35.7 Å². The quantitative estimate of drug-likeness (QED) is 0.541. The summed E-state index contributed by atoms with van der Waals surface area (Å²) in [4.78, 5) is 29.3. The van der Waals surface area contributed by atoms with Crippen molar-refractivity contribution in [3.8, 4) is 17.3 Å². The summed E-state index contributed by atoms with van der Waals surface area (Å²) in [5.74, 6) is 2.05. The number of imidazole rings is 1. The molecule has 5 rings (SSSR count). The van der Waals surface area contributed by atoms with E-state index in [1.165, 1.54) is 0 Å². The normalized spacial score (nSPS) is 13.4. The Kier molecular flexibility index (Phi) is 4.32. The third kappa shape index (κ3) is 3.75. The second kappa shape index (κ2) is 7.27. The van der Waals surface area contributed by atoms with Gasteiger partial charge in [0, 0.05) is 37.3 Å². The number of hydrogen-bond acceptors (Lipinski definition) is 7. The zero-order chi connectivity index (χ0) is 19.6. The third-order valence-electron chi connectivity index (χ3n) is 4.66. The molecule has 0 aromatic carbocycles. The standard InChI is InChI=1S/C20H17N7O2/c28-19(23-9-13-5-7-21-8-6-13)16-11-27(12-24-16)17-4-3-15(10-22-17)20-25-18(26-29-20)14-1-2-14/h3-8,10-12,14H,1-2,9H2,(H,23,28). The number of amides is 1. The van der Waals surface area contributed by atoms with Gasteiger partial charge in [-0.15, -0.1) is 0 Å². The number of pyridine rings is 2. The largest absolute Gasteiger partial charge is 0.347 e. The molecule has 4 heterocycles. The van der Waals surface area contributed by atoms with E-state index in [0.717, 1.165) is 29.8 Å². The van der Waals surface area contributed by atoms with Gasteiger partial charge in [0.2, 0.25) is 0 Å². The Hall–Kier alpha value is -3.88. The van der Waals surface area contributed by atoms with Crippen LogP contribution in [0.1, 0.15) is 40.6 Å². The lowest BCUT2D eigenvalue weighted by atomic mass is 10.2. The summed E-state index contributed by atoms with van der Waals surface area (Å²) < 4.78 is 7.01. The number of carbonyl (C=O) groups excluding carboxylic acids is 1. The van der Waals surface area contributed by atoms with Crippen LogP contribution < -0.4 is 5.32 Å². The highest BCUT2D eigenvalue weighted by Crippen LogP contribution is 2.38. The van der Waals surface area contributed by atoms with E-state index in [4.69, 9.17) is 4.52 Å². The lowest BCUT2D eigenvalue weighted by Crippen LogP contribution is -2.23. The number of nitrogens with one attached hydrogen (secondary N) is 1. The van der Waals surface area contributed by atoms with Gasteiger partial charge in [0.15, 0.2) is 5.82 Å². The van der Waals surface area contributed by atoms with Gasteiger partial charge in [-0.2, -0.15) is 4.98 Å². The molecule has 4 aromatic rings. The van der Waals surface area contributed by atoms with Crippen molar-refractivity contribution in [3.05, 3.63) is 72.5 Å². The molecule has 9 heteroatoms.